The summed E-state index contributed by atoms with van der Waals surface area (Å²) in [6.07, 6.45) is 5.11. The number of rotatable bonds is 5. The van der Waals surface area contributed by atoms with Crippen molar-refractivity contribution in [2.24, 2.45) is 5.92 Å². The summed E-state index contributed by atoms with van der Waals surface area (Å²) in [5.41, 5.74) is 1.08. The zero-order valence-electron chi connectivity index (χ0n) is 16.1. The Labute approximate surface area is 160 Å². The van der Waals surface area contributed by atoms with E-state index in [0.29, 0.717) is 19.4 Å². The van der Waals surface area contributed by atoms with Gasteiger partial charge >= 0.3 is 5.97 Å². The molecule has 1 aliphatic carbocycles. The van der Waals surface area contributed by atoms with Crippen LogP contribution in [0.3, 0.4) is 0 Å². The van der Waals surface area contributed by atoms with Crippen molar-refractivity contribution in [3.8, 4) is 0 Å². The molecule has 27 heavy (non-hydrogen) atoms. The average molecular weight is 372 g/mol. The quantitative estimate of drug-likeness (QED) is 0.806. The molecule has 2 fully saturated rings. The lowest BCUT2D eigenvalue weighted by Crippen LogP contribution is -2.57. The van der Waals surface area contributed by atoms with Crippen molar-refractivity contribution in [1.82, 2.24) is 5.32 Å². The van der Waals surface area contributed by atoms with Crippen LogP contribution in [0.15, 0.2) is 24.3 Å². The number of carbonyl (C=O) groups is 3. The number of hydrogen-bond acceptors (Lipinski definition) is 4. The van der Waals surface area contributed by atoms with E-state index < -0.39 is 11.5 Å². The van der Waals surface area contributed by atoms with Crippen LogP contribution in [0.25, 0.3) is 0 Å². The lowest BCUT2D eigenvalue weighted by molar-refractivity contribution is -0.153. The summed E-state index contributed by atoms with van der Waals surface area (Å²) in [4.78, 5) is 39.3. The second-order valence-electron chi connectivity index (χ2n) is 7.55. The molecule has 1 heterocycles. The topological polar surface area (TPSA) is 75.7 Å². The summed E-state index contributed by atoms with van der Waals surface area (Å²) in [6.45, 7) is 2.42. The lowest BCUT2D eigenvalue weighted by atomic mass is 9.81. The molecule has 2 aliphatic rings. The van der Waals surface area contributed by atoms with E-state index in [1.807, 2.05) is 24.3 Å². The van der Waals surface area contributed by atoms with Gasteiger partial charge in [-0.25, -0.2) is 4.79 Å². The third kappa shape index (κ3) is 3.99. The number of aryl methyl sites for hydroxylation is 1. The molecule has 6 nitrogen and oxygen atoms in total. The molecule has 146 valence electrons. The van der Waals surface area contributed by atoms with Crippen LogP contribution in [-0.4, -0.2) is 37.0 Å². The fourth-order valence-electron chi connectivity index (χ4n) is 4.11. The second kappa shape index (κ2) is 8.11. The van der Waals surface area contributed by atoms with Gasteiger partial charge in [0.2, 0.25) is 11.8 Å². The molecule has 1 aromatic carbocycles. The summed E-state index contributed by atoms with van der Waals surface area (Å²) >= 11 is 0. The summed E-state index contributed by atoms with van der Waals surface area (Å²) in [7, 11) is 1.35. The first-order valence-corrected chi connectivity index (χ1v) is 9.79. The van der Waals surface area contributed by atoms with Crippen molar-refractivity contribution in [1.29, 1.82) is 0 Å². The highest BCUT2D eigenvalue weighted by Gasteiger charge is 2.44. The summed E-state index contributed by atoms with van der Waals surface area (Å²) in [5.74, 6) is -1.13. The second-order valence-corrected chi connectivity index (χ2v) is 7.55. The third-order valence-corrected chi connectivity index (χ3v) is 5.80. The first-order valence-electron chi connectivity index (χ1n) is 9.79. The summed E-state index contributed by atoms with van der Waals surface area (Å²) < 4.78 is 4.96. The number of nitrogens with zero attached hydrogens (tertiary/aromatic N) is 1. The van der Waals surface area contributed by atoms with Gasteiger partial charge in [0.15, 0.2) is 0 Å². The molecule has 6 heteroatoms. The van der Waals surface area contributed by atoms with Crippen LogP contribution in [0.4, 0.5) is 5.69 Å². The molecule has 1 N–H and O–H groups in total. The Bertz CT molecular complexity index is 707. The molecule has 0 aromatic heterocycles. The van der Waals surface area contributed by atoms with Gasteiger partial charge in [-0.3, -0.25) is 9.59 Å². The van der Waals surface area contributed by atoms with E-state index in [1.165, 1.54) is 12.7 Å². The van der Waals surface area contributed by atoms with Gasteiger partial charge in [0.05, 0.1) is 13.0 Å². The van der Waals surface area contributed by atoms with Gasteiger partial charge in [-0.05, 0) is 37.0 Å². The Morgan fingerprint density at radius 3 is 2.44 bits per heavy atom. The van der Waals surface area contributed by atoms with Crippen LogP contribution in [0.2, 0.25) is 0 Å². The maximum absolute atomic E-state index is 12.9. The van der Waals surface area contributed by atoms with E-state index in [0.717, 1.165) is 31.4 Å². The predicted molar refractivity (Wildman–Crippen MR) is 102 cm³/mol. The van der Waals surface area contributed by atoms with E-state index in [9.17, 15) is 14.4 Å². The van der Waals surface area contributed by atoms with E-state index in [1.54, 1.807) is 4.90 Å². The Morgan fingerprint density at radius 1 is 1.19 bits per heavy atom. The maximum atomic E-state index is 12.9. The monoisotopic (exact) mass is 372 g/mol. The summed E-state index contributed by atoms with van der Waals surface area (Å²) in [6, 6.07) is 7.86. The molecule has 0 spiro atoms. The van der Waals surface area contributed by atoms with Crippen molar-refractivity contribution >= 4 is 23.5 Å². The number of benzene rings is 1. The van der Waals surface area contributed by atoms with Gasteiger partial charge in [-0.15, -0.1) is 0 Å². The highest BCUT2D eigenvalue weighted by molar-refractivity contribution is 6.01. The molecule has 1 saturated heterocycles. The first-order chi connectivity index (χ1) is 13.0. The fourth-order valence-corrected chi connectivity index (χ4v) is 4.11. The van der Waals surface area contributed by atoms with Crippen molar-refractivity contribution in [3.63, 3.8) is 0 Å². The minimum atomic E-state index is -0.941. The number of methoxy groups -OCH3 is 1. The van der Waals surface area contributed by atoms with Crippen molar-refractivity contribution < 1.29 is 19.1 Å². The Hall–Kier alpha value is -2.37. The standard InChI is InChI=1S/C21H28N2O4/c1-3-15-7-9-17(10-8-15)23-14-16(13-18(23)24)19(25)22-21(20(26)27-2)11-5-4-6-12-21/h7-10,16H,3-6,11-14H2,1-2H3,(H,22,25). The SMILES string of the molecule is CCc1ccc(N2CC(C(=O)NC3(C(=O)OC)CCCCC3)CC2=O)cc1. The van der Waals surface area contributed by atoms with E-state index in [4.69, 9.17) is 4.74 Å². The molecule has 1 aliphatic heterocycles. The van der Waals surface area contributed by atoms with Gasteiger partial charge < -0.3 is 15.0 Å². The number of ether oxygens (including phenoxy) is 1. The summed E-state index contributed by atoms with van der Waals surface area (Å²) in [5, 5.41) is 2.94. The molecule has 1 atom stereocenters. The molecule has 0 bridgehead atoms. The van der Waals surface area contributed by atoms with Crippen LogP contribution in [0, 0.1) is 5.92 Å². The van der Waals surface area contributed by atoms with Crippen molar-refractivity contribution in [3.05, 3.63) is 29.8 Å². The molecule has 1 unspecified atom stereocenters. The Balaban J connectivity index is 1.70. The van der Waals surface area contributed by atoms with Crippen molar-refractivity contribution in [2.45, 2.75) is 57.4 Å². The molecular formula is C21H28N2O4. The van der Waals surface area contributed by atoms with E-state index in [-0.39, 0.29) is 24.2 Å². The predicted octanol–water partition coefficient (Wildman–Crippen LogP) is 2.59. The van der Waals surface area contributed by atoms with Crippen LogP contribution in [0.1, 0.15) is 51.0 Å². The highest BCUT2D eigenvalue weighted by Crippen LogP contribution is 2.31. The maximum Gasteiger partial charge on any atom is 0.331 e. The highest BCUT2D eigenvalue weighted by atomic mass is 16.5. The smallest absolute Gasteiger partial charge is 0.331 e. The molecule has 1 saturated carbocycles. The molecule has 3 rings (SSSR count). The first kappa shape index (κ1) is 19.4. The number of carbonyl (C=O) groups excluding carboxylic acids is 3. The Morgan fingerprint density at radius 2 is 1.85 bits per heavy atom. The molecule has 0 radical (unpaired) electrons. The van der Waals surface area contributed by atoms with Crippen LogP contribution in [-0.2, 0) is 25.5 Å². The number of anilines is 1. The van der Waals surface area contributed by atoms with Gasteiger partial charge in [0, 0.05) is 18.7 Å². The average Bonchev–Trinajstić information content (AvgIpc) is 3.10. The minimum absolute atomic E-state index is 0.0600. The lowest BCUT2D eigenvalue weighted by Gasteiger charge is -2.35. The number of hydrogen-bond donors (Lipinski definition) is 1. The third-order valence-electron chi connectivity index (χ3n) is 5.80. The molecule has 1 aromatic rings. The van der Waals surface area contributed by atoms with Gasteiger partial charge in [0.25, 0.3) is 0 Å². The minimum Gasteiger partial charge on any atom is -0.467 e. The van der Waals surface area contributed by atoms with Crippen LogP contribution in [0.5, 0.6) is 0 Å². The number of esters is 1. The largest absolute Gasteiger partial charge is 0.467 e. The van der Waals surface area contributed by atoms with Gasteiger partial charge in [-0.1, -0.05) is 38.3 Å². The van der Waals surface area contributed by atoms with Crippen LogP contribution < -0.4 is 10.2 Å². The fraction of sp³-hybridized carbons (Fsp3) is 0.571. The van der Waals surface area contributed by atoms with E-state index in [2.05, 4.69) is 12.2 Å². The van der Waals surface area contributed by atoms with E-state index >= 15 is 0 Å². The van der Waals surface area contributed by atoms with Gasteiger partial charge in [0.1, 0.15) is 5.54 Å². The number of amides is 2. The van der Waals surface area contributed by atoms with Crippen LogP contribution >= 0.6 is 0 Å². The Kier molecular flexibility index (Phi) is 5.82. The molecule has 2 amide bonds. The van der Waals surface area contributed by atoms with Gasteiger partial charge in [-0.2, -0.15) is 0 Å². The zero-order valence-corrected chi connectivity index (χ0v) is 16.1. The molecular weight excluding hydrogens is 344 g/mol. The number of nitrogens with one attached hydrogen (secondary N) is 1. The normalized spacial score (nSPS) is 21.8. The van der Waals surface area contributed by atoms with Crippen molar-refractivity contribution in [2.75, 3.05) is 18.6 Å². The zero-order chi connectivity index (χ0) is 19.4.